The molecule has 1 heterocycles. The quantitative estimate of drug-likeness (QED) is 0.439. The summed E-state index contributed by atoms with van der Waals surface area (Å²) in [5.74, 6) is -0.305. The lowest BCUT2D eigenvalue weighted by Crippen LogP contribution is -2.06. The predicted octanol–water partition coefficient (Wildman–Crippen LogP) is 1.74. The van der Waals surface area contributed by atoms with Crippen molar-refractivity contribution >= 4 is 11.5 Å². The van der Waals surface area contributed by atoms with Gasteiger partial charge >= 0.3 is 5.97 Å². The highest BCUT2D eigenvalue weighted by Crippen LogP contribution is 2.15. The van der Waals surface area contributed by atoms with Crippen LogP contribution < -0.4 is 0 Å². The van der Waals surface area contributed by atoms with Crippen molar-refractivity contribution in [1.82, 2.24) is 0 Å². The van der Waals surface area contributed by atoms with Gasteiger partial charge in [0.1, 0.15) is 11.3 Å². The van der Waals surface area contributed by atoms with E-state index < -0.39 is 5.97 Å². The minimum atomic E-state index is -0.597. The number of rotatable bonds is 3. The molecule has 70 valence electrons. The molecular weight excluding hydrogens is 172 g/mol. The summed E-state index contributed by atoms with van der Waals surface area (Å²) in [5.41, 5.74) is 0.0202. The van der Waals surface area contributed by atoms with E-state index in [4.69, 9.17) is 14.3 Å². The Labute approximate surface area is 75.4 Å². The summed E-state index contributed by atoms with van der Waals surface area (Å²) in [7, 11) is 0. The molecule has 4 nitrogen and oxygen atoms in total. The standard InChI is InChI=1S/C9H10O4/c1-2-12-9(11)7(6-10)8-4-3-5-13-8/h3-6,10H,2H2,1H3/b7-6-. The molecule has 1 rings (SSSR count). The first kappa shape index (κ1) is 9.38. The molecule has 4 heteroatoms. The maximum Gasteiger partial charge on any atom is 0.345 e. The Morgan fingerprint density at radius 3 is 3.00 bits per heavy atom. The largest absolute Gasteiger partial charge is 0.515 e. The van der Waals surface area contributed by atoms with Crippen LogP contribution in [-0.2, 0) is 9.53 Å². The van der Waals surface area contributed by atoms with Crippen LogP contribution >= 0.6 is 0 Å². The summed E-state index contributed by atoms with van der Waals surface area (Å²) < 4.78 is 9.62. The molecule has 0 fully saturated rings. The van der Waals surface area contributed by atoms with Gasteiger partial charge < -0.3 is 14.3 Å². The lowest BCUT2D eigenvalue weighted by Gasteiger charge is -2.01. The van der Waals surface area contributed by atoms with Crippen molar-refractivity contribution < 1.29 is 19.1 Å². The monoisotopic (exact) mass is 182 g/mol. The zero-order chi connectivity index (χ0) is 9.68. The van der Waals surface area contributed by atoms with Crippen molar-refractivity contribution in [2.24, 2.45) is 0 Å². The van der Waals surface area contributed by atoms with Gasteiger partial charge in [0.05, 0.1) is 19.1 Å². The van der Waals surface area contributed by atoms with Crippen molar-refractivity contribution in [3.63, 3.8) is 0 Å². The molecule has 0 saturated carbocycles. The minimum Gasteiger partial charge on any atom is -0.515 e. The summed E-state index contributed by atoms with van der Waals surface area (Å²) in [6, 6.07) is 3.19. The lowest BCUT2D eigenvalue weighted by molar-refractivity contribution is -0.136. The number of carbonyl (C=O) groups excluding carboxylic acids is 1. The molecule has 0 aromatic carbocycles. The van der Waals surface area contributed by atoms with E-state index in [9.17, 15) is 4.79 Å². The third-order valence-corrected chi connectivity index (χ3v) is 1.41. The Balaban J connectivity index is 2.82. The van der Waals surface area contributed by atoms with Gasteiger partial charge in [0.2, 0.25) is 0 Å². The van der Waals surface area contributed by atoms with Crippen LogP contribution in [0.4, 0.5) is 0 Å². The number of aliphatic hydroxyl groups excluding tert-OH is 1. The second-order valence-corrected chi connectivity index (χ2v) is 2.24. The molecule has 0 unspecified atom stereocenters. The average Bonchev–Trinajstić information content (AvgIpc) is 2.59. The summed E-state index contributed by atoms with van der Waals surface area (Å²) in [6.07, 6.45) is 2.09. The molecule has 1 N–H and O–H groups in total. The number of carbonyl (C=O) groups is 1. The first-order chi connectivity index (χ1) is 6.29. The maximum atomic E-state index is 11.2. The first-order valence-electron chi connectivity index (χ1n) is 3.85. The minimum absolute atomic E-state index is 0.0202. The van der Waals surface area contributed by atoms with Gasteiger partial charge in [0.15, 0.2) is 0 Å². The van der Waals surface area contributed by atoms with Crippen molar-refractivity contribution in [2.45, 2.75) is 6.92 Å². The molecule has 0 saturated heterocycles. The van der Waals surface area contributed by atoms with E-state index in [1.807, 2.05) is 0 Å². The van der Waals surface area contributed by atoms with Gasteiger partial charge in [-0.25, -0.2) is 4.79 Å². The average molecular weight is 182 g/mol. The second-order valence-electron chi connectivity index (χ2n) is 2.24. The zero-order valence-corrected chi connectivity index (χ0v) is 7.19. The smallest absolute Gasteiger partial charge is 0.345 e. The van der Waals surface area contributed by atoms with Gasteiger partial charge in [-0.05, 0) is 19.1 Å². The summed E-state index contributed by atoms with van der Waals surface area (Å²) in [6.45, 7) is 1.95. The van der Waals surface area contributed by atoms with E-state index >= 15 is 0 Å². The van der Waals surface area contributed by atoms with Gasteiger partial charge in [0, 0.05) is 0 Å². The highest BCUT2D eigenvalue weighted by atomic mass is 16.5. The molecule has 0 atom stereocenters. The second kappa shape index (κ2) is 4.35. The fourth-order valence-corrected chi connectivity index (χ4v) is 0.858. The van der Waals surface area contributed by atoms with E-state index in [0.29, 0.717) is 12.0 Å². The van der Waals surface area contributed by atoms with Gasteiger partial charge in [-0.1, -0.05) is 0 Å². The number of furan rings is 1. The number of ether oxygens (including phenoxy) is 1. The van der Waals surface area contributed by atoms with Gasteiger partial charge in [0.25, 0.3) is 0 Å². The van der Waals surface area contributed by atoms with E-state index in [1.165, 1.54) is 6.26 Å². The summed E-state index contributed by atoms with van der Waals surface area (Å²) in [5, 5.41) is 8.77. The lowest BCUT2D eigenvalue weighted by atomic mass is 10.2. The molecule has 1 aromatic rings. The van der Waals surface area contributed by atoms with Crippen LogP contribution in [0.15, 0.2) is 29.1 Å². The predicted molar refractivity (Wildman–Crippen MR) is 45.9 cm³/mol. The Morgan fingerprint density at radius 2 is 2.54 bits per heavy atom. The van der Waals surface area contributed by atoms with Crippen LogP contribution in [0.25, 0.3) is 5.57 Å². The van der Waals surface area contributed by atoms with Gasteiger partial charge in [-0.2, -0.15) is 0 Å². The summed E-state index contributed by atoms with van der Waals surface area (Å²) >= 11 is 0. The van der Waals surface area contributed by atoms with Crippen LogP contribution in [0, 0.1) is 0 Å². The van der Waals surface area contributed by atoms with E-state index in [0.717, 1.165) is 0 Å². The highest BCUT2D eigenvalue weighted by molar-refractivity contribution is 6.15. The van der Waals surface area contributed by atoms with Crippen molar-refractivity contribution in [1.29, 1.82) is 0 Å². The number of aliphatic hydroxyl groups is 1. The molecular formula is C9H10O4. The van der Waals surface area contributed by atoms with E-state index in [-0.39, 0.29) is 12.2 Å². The zero-order valence-electron chi connectivity index (χ0n) is 7.19. The van der Waals surface area contributed by atoms with Crippen LogP contribution in [0.2, 0.25) is 0 Å². The van der Waals surface area contributed by atoms with Gasteiger partial charge in [-0.15, -0.1) is 0 Å². The third kappa shape index (κ3) is 2.11. The third-order valence-electron chi connectivity index (χ3n) is 1.41. The fraction of sp³-hybridized carbons (Fsp3) is 0.222. The fourth-order valence-electron chi connectivity index (χ4n) is 0.858. The molecule has 0 aliphatic heterocycles. The molecule has 0 radical (unpaired) electrons. The molecule has 0 aliphatic carbocycles. The Hall–Kier alpha value is -1.71. The van der Waals surface area contributed by atoms with Crippen molar-refractivity contribution in [3.05, 3.63) is 30.4 Å². The topological polar surface area (TPSA) is 59.7 Å². The first-order valence-corrected chi connectivity index (χ1v) is 3.85. The van der Waals surface area contributed by atoms with Crippen molar-refractivity contribution in [3.8, 4) is 0 Å². The number of esters is 1. The van der Waals surface area contributed by atoms with Crippen LogP contribution in [-0.4, -0.2) is 17.7 Å². The molecule has 1 aromatic heterocycles. The SMILES string of the molecule is CCOC(=O)/C(=C\O)c1ccco1. The summed E-state index contributed by atoms with van der Waals surface area (Å²) in [4.78, 5) is 11.2. The maximum absolute atomic E-state index is 11.2. The molecule has 13 heavy (non-hydrogen) atoms. The van der Waals surface area contributed by atoms with Crippen LogP contribution in [0.3, 0.4) is 0 Å². The van der Waals surface area contributed by atoms with Crippen LogP contribution in [0.5, 0.6) is 0 Å². The molecule has 0 bridgehead atoms. The van der Waals surface area contributed by atoms with E-state index in [1.54, 1.807) is 19.1 Å². The van der Waals surface area contributed by atoms with E-state index in [2.05, 4.69) is 0 Å². The molecule has 0 spiro atoms. The van der Waals surface area contributed by atoms with Gasteiger partial charge in [-0.3, -0.25) is 0 Å². The van der Waals surface area contributed by atoms with Crippen molar-refractivity contribution in [2.75, 3.05) is 6.61 Å². The van der Waals surface area contributed by atoms with Crippen LogP contribution in [0.1, 0.15) is 12.7 Å². The molecule has 0 amide bonds. The number of hydrogen-bond donors (Lipinski definition) is 1. The Bertz CT molecular complexity index is 297. The normalized spacial score (nSPS) is 11.3. The Kier molecular flexibility index (Phi) is 3.14. The molecule has 0 aliphatic rings. The Morgan fingerprint density at radius 1 is 1.77 bits per heavy atom. The number of hydrogen-bond acceptors (Lipinski definition) is 4. The highest BCUT2D eigenvalue weighted by Gasteiger charge is 2.15.